The lowest BCUT2D eigenvalue weighted by atomic mass is 10.1. The Morgan fingerprint density at radius 1 is 1.28 bits per heavy atom. The number of carbonyl (C=O) groups excluding carboxylic acids is 2. The van der Waals surface area contributed by atoms with Crippen LogP contribution in [-0.4, -0.2) is 28.6 Å². The van der Waals surface area contributed by atoms with Crippen LogP contribution in [0.25, 0.3) is 10.9 Å². The third-order valence-corrected chi connectivity index (χ3v) is 5.99. The topological polar surface area (TPSA) is 59.2 Å². The Balaban J connectivity index is 1.53. The Labute approximate surface area is 158 Å². The van der Waals surface area contributed by atoms with Crippen LogP contribution >= 0.6 is 34.7 Å². The van der Waals surface area contributed by atoms with Crippen molar-refractivity contribution in [3.63, 3.8) is 0 Å². The van der Waals surface area contributed by atoms with Gasteiger partial charge in [0.2, 0.25) is 5.78 Å². The van der Waals surface area contributed by atoms with Gasteiger partial charge in [-0.2, -0.15) is 0 Å². The monoisotopic (exact) mass is 393 g/mol. The Morgan fingerprint density at radius 3 is 2.84 bits per heavy atom. The molecular weight excluding hydrogens is 378 g/mol. The lowest BCUT2D eigenvalue weighted by Crippen LogP contribution is -2.25. The molecule has 1 atom stereocenters. The van der Waals surface area contributed by atoms with Crippen LogP contribution in [0.2, 0.25) is 4.34 Å². The molecule has 1 N–H and O–H groups in total. The average molecular weight is 394 g/mol. The molecule has 0 fully saturated rings. The van der Waals surface area contributed by atoms with Gasteiger partial charge in [-0.25, -0.2) is 0 Å². The van der Waals surface area contributed by atoms with Crippen molar-refractivity contribution in [3.05, 3.63) is 57.4 Å². The van der Waals surface area contributed by atoms with E-state index in [9.17, 15) is 9.59 Å². The minimum absolute atomic E-state index is 0.195. The highest BCUT2D eigenvalue weighted by molar-refractivity contribution is 7.99. The number of halogens is 1. The lowest BCUT2D eigenvalue weighted by molar-refractivity contribution is -0.143. The zero-order valence-electron chi connectivity index (χ0n) is 13.5. The zero-order valence-corrected chi connectivity index (χ0v) is 15.8. The number of Topliss-reactive ketones (excluding diaryl/α,β-unsaturated/α-hetero) is 1. The van der Waals surface area contributed by atoms with Crippen molar-refractivity contribution in [1.82, 2.24) is 4.98 Å². The summed E-state index contributed by atoms with van der Waals surface area (Å²) in [5.74, 6) is 0.285. The minimum Gasteiger partial charge on any atom is -0.454 e. The Bertz CT molecular complexity index is 903. The molecule has 0 radical (unpaired) electrons. The molecule has 0 spiro atoms. The van der Waals surface area contributed by atoms with Gasteiger partial charge in [-0.05, 0) is 25.1 Å². The SMILES string of the molecule is C[C@@H](OC(=O)CSCc1ccc(Cl)s1)C(=O)c1c[nH]c2ccccc12. The lowest BCUT2D eigenvalue weighted by Gasteiger charge is -2.11. The number of para-hydroxylation sites is 1. The van der Waals surface area contributed by atoms with Gasteiger partial charge in [-0.1, -0.05) is 29.8 Å². The second kappa shape index (κ2) is 8.08. The van der Waals surface area contributed by atoms with Gasteiger partial charge in [0.25, 0.3) is 0 Å². The first-order valence-corrected chi connectivity index (χ1v) is 10.0. The number of hydrogen-bond acceptors (Lipinski definition) is 5. The highest BCUT2D eigenvalue weighted by Crippen LogP contribution is 2.25. The normalized spacial score (nSPS) is 12.2. The number of thioether (sulfide) groups is 1. The number of thiophene rings is 1. The predicted octanol–water partition coefficient (Wildman–Crippen LogP) is 4.93. The molecule has 2 aromatic heterocycles. The molecule has 7 heteroatoms. The maximum atomic E-state index is 12.5. The molecule has 0 unspecified atom stereocenters. The van der Waals surface area contributed by atoms with E-state index >= 15 is 0 Å². The molecule has 0 bridgehead atoms. The van der Waals surface area contributed by atoms with E-state index in [4.69, 9.17) is 16.3 Å². The summed E-state index contributed by atoms with van der Waals surface area (Å²) in [7, 11) is 0. The molecule has 4 nitrogen and oxygen atoms in total. The van der Waals surface area contributed by atoms with E-state index in [1.165, 1.54) is 23.1 Å². The van der Waals surface area contributed by atoms with Crippen molar-refractivity contribution in [2.24, 2.45) is 0 Å². The van der Waals surface area contributed by atoms with Crippen LogP contribution in [0.3, 0.4) is 0 Å². The fourth-order valence-corrected chi connectivity index (χ4v) is 4.45. The number of benzene rings is 1. The highest BCUT2D eigenvalue weighted by Gasteiger charge is 2.22. The first-order chi connectivity index (χ1) is 12.0. The Kier molecular flexibility index (Phi) is 5.83. The number of hydrogen-bond donors (Lipinski definition) is 1. The summed E-state index contributed by atoms with van der Waals surface area (Å²) in [6.07, 6.45) is 0.843. The number of nitrogens with one attached hydrogen (secondary N) is 1. The predicted molar refractivity (Wildman–Crippen MR) is 104 cm³/mol. The van der Waals surface area contributed by atoms with E-state index in [0.29, 0.717) is 11.3 Å². The van der Waals surface area contributed by atoms with E-state index in [0.717, 1.165) is 20.1 Å². The Hall–Kier alpha value is -1.76. The van der Waals surface area contributed by atoms with Gasteiger partial charge >= 0.3 is 5.97 Å². The Morgan fingerprint density at radius 2 is 2.08 bits per heavy atom. The number of aromatic amines is 1. The van der Waals surface area contributed by atoms with Crippen molar-refractivity contribution in [1.29, 1.82) is 0 Å². The number of aromatic nitrogens is 1. The maximum Gasteiger partial charge on any atom is 0.316 e. The molecule has 0 aliphatic rings. The van der Waals surface area contributed by atoms with E-state index in [1.54, 1.807) is 13.1 Å². The van der Waals surface area contributed by atoms with E-state index < -0.39 is 12.1 Å². The molecule has 1 aromatic carbocycles. The van der Waals surface area contributed by atoms with Crippen LogP contribution in [-0.2, 0) is 15.3 Å². The molecule has 0 saturated carbocycles. The number of H-pyrrole nitrogens is 1. The molecular formula is C18H16ClNO3S2. The van der Waals surface area contributed by atoms with Gasteiger partial charge in [0, 0.05) is 33.3 Å². The van der Waals surface area contributed by atoms with Gasteiger partial charge in [0.05, 0.1) is 10.1 Å². The summed E-state index contributed by atoms with van der Waals surface area (Å²) < 4.78 is 6.01. The van der Waals surface area contributed by atoms with Crippen LogP contribution in [0.5, 0.6) is 0 Å². The molecule has 0 amide bonds. The van der Waals surface area contributed by atoms with Gasteiger partial charge in [-0.15, -0.1) is 23.1 Å². The van der Waals surface area contributed by atoms with Crippen LogP contribution in [0, 0.1) is 0 Å². The van der Waals surface area contributed by atoms with Gasteiger partial charge in [-0.3, -0.25) is 9.59 Å². The molecule has 3 aromatic rings. The van der Waals surface area contributed by atoms with Crippen LogP contribution in [0.15, 0.2) is 42.6 Å². The van der Waals surface area contributed by atoms with Gasteiger partial charge < -0.3 is 9.72 Å². The van der Waals surface area contributed by atoms with E-state index in [1.807, 2.05) is 36.4 Å². The van der Waals surface area contributed by atoms with Crippen LogP contribution in [0.1, 0.15) is 22.2 Å². The molecule has 3 rings (SSSR count). The van der Waals surface area contributed by atoms with Crippen molar-refractivity contribution in [2.45, 2.75) is 18.8 Å². The largest absolute Gasteiger partial charge is 0.454 e. The first-order valence-electron chi connectivity index (χ1n) is 7.66. The van der Waals surface area contributed by atoms with Crippen molar-refractivity contribution >= 4 is 57.4 Å². The summed E-state index contributed by atoms with van der Waals surface area (Å²) in [6, 6.07) is 11.3. The third-order valence-electron chi connectivity index (χ3n) is 3.63. The first kappa shape index (κ1) is 18.0. The number of carbonyl (C=O) groups is 2. The fourth-order valence-electron chi connectivity index (χ4n) is 2.44. The summed E-state index contributed by atoms with van der Waals surface area (Å²) in [6.45, 7) is 1.60. The minimum atomic E-state index is -0.816. The molecule has 2 heterocycles. The van der Waals surface area contributed by atoms with Crippen molar-refractivity contribution < 1.29 is 14.3 Å². The standard InChI is InChI=1S/C18H16ClNO3S2/c1-11(18(22)14-8-20-15-5-3-2-4-13(14)15)23-17(21)10-24-9-12-6-7-16(19)25-12/h2-8,11,20H,9-10H2,1H3/t11-/m1/s1. The van der Waals surface area contributed by atoms with Crippen molar-refractivity contribution in [2.75, 3.05) is 5.75 Å². The number of rotatable bonds is 7. The van der Waals surface area contributed by atoms with Gasteiger partial charge in [0.1, 0.15) is 0 Å². The quantitative estimate of drug-likeness (QED) is 0.456. The molecule has 25 heavy (non-hydrogen) atoms. The molecule has 0 saturated heterocycles. The average Bonchev–Trinajstić information content (AvgIpc) is 3.20. The smallest absolute Gasteiger partial charge is 0.316 e. The maximum absolute atomic E-state index is 12.5. The van der Waals surface area contributed by atoms with Crippen LogP contribution in [0.4, 0.5) is 0 Å². The number of esters is 1. The summed E-state index contributed by atoms with van der Waals surface area (Å²) in [5.41, 5.74) is 1.42. The summed E-state index contributed by atoms with van der Waals surface area (Å²) in [5, 5.41) is 0.833. The van der Waals surface area contributed by atoms with E-state index in [2.05, 4.69) is 4.98 Å². The zero-order chi connectivity index (χ0) is 17.8. The second-order valence-corrected chi connectivity index (χ2v) is 8.23. The number of ether oxygens (including phenoxy) is 1. The van der Waals surface area contributed by atoms with Crippen LogP contribution < -0.4 is 0 Å². The third kappa shape index (κ3) is 4.45. The number of ketones is 1. The van der Waals surface area contributed by atoms with Crippen molar-refractivity contribution in [3.8, 4) is 0 Å². The second-order valence-electron chi connectivity index (χ2n) is 5.44. The van der Waals surface area contributed by atoms with E-state index in [-0.39, 0.29) is 11.5 Å². The molecule has 0 aliphatic heterocycles. The number of fused-ring (bicyclic) bond motifs is 1. The molecule has 130 valence electrons. The summed E-state index contributed by atoms with van der Waals surface area (Å²) >= 11 is 8.81. The molecule has 0 aliphatic carbocycles. The van der Waals surface area contributed by atoms with Gasteiger partial charge in [0.15, 0.2) is 6.10 Å². The highest BCUT2D eigenvalue weighted by atomic mass is 35.5. The summed E-state index contributed by atoms with van der Waals surface area (Å²) in [4.78, 5) is 28.7. The fraction of sp³-hybridized carbons (Fsp3) is 0.222.